The highest BCUT2D eigenvalue weighted by Crippen LogP contribution is 2.33. The van der Waals surface area contributed by atoms with Crippen LogP contribution in [-0.2, 0) is 14.2 Å². The maximum atomic E-state index is 13.7. The average molecular weight is 618 g/mol. The minimum atomic E-state index is -1.28. The molecule has 43 heavy (non-hydrogen) atoms. The van der Waals surface area contributed by atoms with Gasteiger partial charge in [-0.25, -0.2) is 9.59 Å². The molecule has 8 nitrogen and oxygen atoms in total. The lowest BCUT2D eigenvalue weighted by molar-refractivity contribution is -0.0185. The van der Waals surface area contributed by atoms with Crippen LogP contribution in [0, 0.1) is 11.8 Å². The SMILES string of the molecule is CCOCCCO[C@@H](c1ccccc1)[C@@H]1CCCN(C(=O)N[C@@H](CC2CCCCC2)CN(C)C(=O)OCC[Si](C)(C)C)C1. The van der Waals surface area contributed by atoms with E-state index in [1.807, 2.05) is 17.9 Å². The molecule has 1 saturated heterocycles. The lowest BCUT2D eigenvalue weighted by Crippen LogP contribution is -2.52. The summed E-state index contributed by atoms with van der Waals surface area (Å²) in [4.78, 5) is 30.2. The Hall–Kier alpha value is -2.10. The molecule has 244 valence electrons. The van der Waals surface area contributed by atoms with E-state index in [0.29, 0.717) is 45.4 Å². The molecule has 1 heterocycles. The van der Waals surface area contributed by atoms with Gasteiger partial charge in [0.25, 0.3) is 0 Å². The lowest BCUT2D eigenvalue weighted by Gasteiger charge is -2.38. The van der Waals surface area contributed by atoms with Crippen molar-refractivity contribution in [2.24, 2.45) is 11.8 Å². The number of hydrogen-bond donors (Lipinski definition) is 1. The highest BCUT2D eigenvalue weighted by Gasteiger charge is 2.33. The molecule has 1 N–H and O–H groups in total. The first kappa shape index (κ1) is 35.4. The average Bonchev–Trinajstić information content (AvgIpc) is 2.99. The van der Waals surface area contributed by atoms with Crippen molar-refractivity contribution in [3.8, 4) is 0 Å². The van der Waals surface area contributed by atoms with Crippen LogP contribution in [0.15, 0.2) is 30.3 Å². The van der Waals surface area contributed by atoms with Crippen LogP contribution in [0.2, 0.25) is 25.7 Å². The molecule has 2 fully saturated rings. The molecule has 1 aliphatic heterocycles. The van der Waals surface area contributed by atoms with E-state index in [9.17, 15) is 9.59 Å². The smallest absolute Gasteiger partial charge is 0.409 e. The van der Waals surface area contributed by atoms with Gasteiger partial charge in [0, 0.05) is 66.5 Å². The number of benzene rings is 1. The number of ether oxygens (including phenoxy) is 3. The molecule has 1 saturated carbocycles. The van der Waals surface area contributed by atoms with Gasteiger partial charge in [-0.2, -0.15) is 0 Å². The molecule has 3 amide bonds. The maximum absolute atomic E-state index is 13.7. The fourth-order valence-corrected chi connectivity index (χ4v) is 7.05. The molecule has 3 rings (SSSR count). The monoisotopic (exact) mass is 617 g/mol. The van der Waals surface area contributed by atoms with E-state index >= 15 is 0 Å². The van der Waals surface area contributed by atoms with Gasteiger partial charge >= 0.3 is 12.1 Å². The van der Waals surface area contributed by atoms with Crippen molar-refractivity contribution in [1.82, 2.24) is 15.1 Å². The summed E-state index contributed by atoms with van der Waals surface area (Å²) in [6.45, 7) is 13.2. The minimum absolute atomic E-state index is 0.0332. The Morgan fingerprint density at radius 1 is 1.02 bits per heavy atom. The van der Waals surface area contributed by atoms with Gasteiger partial charge in [0.05, 0.1) is 12.7 Å². The van der Waals surface area contributed by atoms with Gasteiger partial charge in [-0.15, -0.1) is 0 Å². The summed E-state index contributed by atoms with van der Waals surface area (Å²) in [5.74, 6) is 0.798. The van der Waals surface area contributed by atoms with Crippen LogP contribution in [0.5, 0.6) is 0 Å². The van der Waals surface area contributed by atoms with Gasteiger partial charge in [-0.05, 0) is 50.1 Å². The van der Waals surface area contributed by atoms with Crippen LogP contribution >= 0.6 is 0 Å². The van der Waals surface area contributed by atoms with Crippen molar-refractivity contribution in [2.75, 3.05) is 53.1 Å². The van der Waals surface area contributed by atoms with Crippen LogP contribution < -0.4 is 5.32 Å². The van der Waals surface area contributed by atoms with Gasteiger partial charge in [0.15, 0.2) is 0 Å². The fourth-order valence-electron chi connectivity index (χ4n) is 6.33. The van der Waals surface area contributed by atoms with E-state index in [4.69, 9.17) is 14.2 Å². The lowest BCUT2D eigenvalue weighted by atomic mass is 9.84. The predicted octanol–water partition coefficient (Wildman–Crippen LogP) is 7.34. The Balaban J connectivity index is 1.62. The highest BCUT2D eigenvalue weighted by molar-refractivity contribution is 6.76. The summed E-state index contributed by atoms with van der Waals surface area (Å²) in [5, 5.41) is 3.35. The first-order valence-corrected chi connectivity index (χ1v) is 20.5. The number of nitrogens with zero attached hydrogens (tertiary/aromatic N) is 2. The highest BCUT2D eigenvalue weighted by atomic mass is 28.3. The summed E-state index contributed by atoms with van der Waals surface area (Å²) in [6.07, 6.45) is 9.53. The molecule has 1 aromatic rings. The summed E-state index contributed by atoms with van der Waals surface area (Å²) in [7, 11) is 0.510. The molecule has 0 spiro atoms. The van der Waals surface area contributed by atoms with Crippen molar-refractivity contribution in [1.29, 1.82) is 0 Å². The van der Waals surface area contributed by atoms with Crippen LogP contribution in [0.25, 0.3) is 0 Å². The zero-order valence-corrected chi connectivity index (χ0v) is 28.7. The molecule has 0 radical (unpaired) electrons. The molecule has 2 aliphatic rings. The zero-order valence-electron chi connectivity index (χ0n) is 27.7. The van der Waals surface area contributed by atoms with Crippen LogP contribution in [0.4, 0.5) is 9.59 Å². The minimum Gasteiger partial charge on any atom is -0.450 e. The normalized spacial score (nSPS) is 19.5. The first-order valence-electron chi connectivity index (χ1n) is 16.8. The van der Waals surface area contributed by atoms with Crippen molar-refractivity contribution < 1.29 is 23.8 Å². The molecule has 0 aromatic heterocycles. The van der Waals surface area contributed by atoms with Crippen LogP contribution in [0.3, 0.4) is 0 Å². The topological polar surface area (TPSA) is 80.3 Å². The van der Waals surface area contributed by atoms with Crippen molar-refractivity contribution in [3.63, 3.8) is 0 Å². The molecule has 0 bridgehead atoms. The molecule has 3 atom stereocenters. The second-order valence-electron chi connectivity index (χ2n) is 13.8. The van der Waals surface area contributed by atoms with E-state index in [-0.39, 0.29) is 30.2 Å². The zero-order chi connectivity index (χ0) is 31.1. The van der Waals surface area contributed by atoms with E-state index in [2.05, 4.69) is 49.2 Å². The third-order valence-corrected chi connectivity index (χ3v) is 10.5. The molecular weight excluding hydrogens is 558 g/mol. The Kier molecular flexibility index (Phi) is 15.3. The quantitative estimate of drug-likeness (QED) is 0.155. The van der Waals surface area contributed by atoms with Crippen molar-refractivity contribution in [3.05, 3.63) is 35.9 Å². The van der Waals surface area contributed by atoms with E-state index < -0.39 is 8.07 Å². The summed E-state index contributed by atoms with van der Waals surface area (Å²) in [5.41, 5.74) is 1.16. The van der Waals surface area contributed by atoms with Gasteiger partial charge < -0.3 is 29.3 Å². The molecule has 9 heteroatoms. The third-order valence-electron chi connectivity index (χ3n) is 8.79. The first-order chi connectivity index (χ1) is 20.7. The van der Waals surface area contributed by atoms with Crippen molar-refractivity contribution >= 4 is 20.2 Å². The fraction of sp³-hybridized carbons (Fsp3) is 0.765. The van der Waals surface area contributed by atoms with Crippen LogP contribution in [0.1, 0.15) is 76.4 Å². The Morgan fingerprint density at radius 2 is 1.77 bits per heavy atom. The Morgan fingerprint density at radius 3 is 2.47 bits per heavy atom. The summed E-state index contributed by atoms with van der Waals surface area (Å²) < 4.78 is 17.6. The van der Waals surface area contributed by atoms with Crippen LogP contribution in [-0.4, -0.2) is 89.1 Å². The standard InChI is InChI=1S/C34H59N3O5Si/c1-6-40-21-14-22-41-32(29-17-11-8-12-18-29)30-19-13-20-37(26-30)33(38)35-31(25-28-15-9-7-10-16-28)27-36(2)34(39)42-23-24-43(3,4)5/h8,11-12,17-18,28,30-32H,6-7,9-10,13-16,19-27H2,1-5H3,(H,35,38)/t30-,31+,32+/m1/s1. The number of rotatable bonds is 16. The van der Waals surface area contributed by atoms with E-state index in [1.165, 1.54) is 32.1 Å². The van der Waals surface area contributed by atoms with Gasteiger partial charge in [0.1, 0.15) is 0 Å². The second-order valence-corrected chi connectivity index (χ2v) is 19.4. The number of piperidine rings is 1. The molecule has 1 aliphatic carbocycles. The molecular formula is C34H59N3O5Si. The van der Waals surface area contributed by atoms with E-state index in [1.54, 1.807) is 11.9 Å². The van der Waals surface area contributed by atoms with E-state index in [0.717, 1.165) is 43.8 Å². The predicted molar refractivity (Wildman–Crippen MR) is 176 cm³/mol. The number of hydrogen-bond acceptors (Lipinski definition) is 5. The summed E-state index contributed by atoms with van der Waals surface area (Å²) in [6, 6.07) is 11.2. The number of amides is 3. The number of nitrogens with one attached hydrogen (secondary N) is 1. The molecule has 1 aromatic carbocycles. The summed E-state index contributed by atoms with van der Waals surface area (Å²) >= 11 is 0. The second kappa shape index (κ2) is 18.6. The van der Waals surface area contributed by atoms with Gasteiger partial charge in [-0.1, -0.05) is 82.1 Å². The Labute approximate surface area is 262 Å². The number of carbonyl (C=O) groups is 2. The number of likely N-dealkylation sites (tertiary alicyclic amines) is 1. The van der Waals surface area contributed by atoms with Gasteiger partial charge in [-0.3, -0.25) is 0 Å². The van der Waals surface area contributed by atoms with Gasteiger partial charge in [0.2, 0.25) is 0 Å². The third kappa shape index (κ3) is 13.2. The van der Waals surface area contributed by atoms with Crippen molar-refractivity contribution in [2.45, 2.75) is 103 Å². The largest absolute Gasteiger partial charge is 0.450 e. The Bertz CT molecular complexity index is 938. The maximum Gasteiger partial charge on any atom is 0.409 e. The molecule has 0 unspecified atom stereocenters. The number of urea groups is 1. The number of likely N-dealkylation sites (N-methyl/N-ethyl adjacent to an activating group) is 1. The number of carbonyl (C=O) groups excluding carboxylic acids is 2.